The number of allylic oxidation sites excluding steroid dienone is 1. The van der Waals surface area contributed by atoms with Crippen molar-refractivity contribution in [1.29, 1.82) is 0 Å². The van der Waals surface area contributed by atoms with Crippen molar-refractivity contribution in [2.45, 2.75) is 0 Å². The molecule has 0 saturated carbocycles. The maximum absolute atomic E-state index is 8.78. The number of methoxy groups -OCH3 is 1. The molecule has 0 aliphatic carbocycles. The van der Waals surface area contributed by atoms with E-state index in [1.807, 2.05) is 0 Å². The first-order chi connectivity index (χ1) is 5.70. The zero-order chi connectivity index (χ0) is 9.40. The molecule has 0 spiro atoms. The molecule has 0 radical (unpaired) electrons. The van der Waals surface area contributed by atoms with E-state index in [1.165, 1.54) is 6.08 Å². The van der Waals surface area contributed by atoms with E-state index in [0.717, 1.165) is 0 Å². The molecule has 0 fully saturated rings. The van der Waals surface area contributed by atoms with Gasteiger partial charge >= 0.3 is 0 Å². The van der Waals surface area contributed by atoms with Gasteiger partial charge in [0, 0.05) is 7.11 Å². The highest BCUT2D eigenvalue weighted by atomic mass is 16.5. The van der Waals surface area contributed by atoms with Gasteiger partial charge in [-0.1, -0.05) is 18.7 Å². The first kappa shape index (κ1) is 10.9. The number of hydrogen-bond donors (Lipinski definition) is 2. The second-order valence-corrected chi connectivity index (χ2v) is 2.22. The lowest BCUT2D eigenvalue weighted by Gasteiger charge is -1.96. The SMILES string of the molecule is C=C(O)/C=C\C(=C/COC)CO. The summed E-state index contributed by atoms with van der Waals surface area (Å²) in [6, 6.07) is 0. The van der Waals surface area contributed by atoms with E-state index in [-0.39, 0.29) is 12.4 Å². The molecule has 0 bridgehead atoms. The van der Waals surface area contributed by atoms with Crippen molar-refractivity contribution in [2.75, 3.05) is 20.3 Å². The van der Waals surface area contributed by atoms with Gasteiger partial charge in [-0.15, -0.1) is 0 Å². The van der Waals surface area contributed by atoms with E-state index in [1.54, 1.807) is 19.3 Å². The van der Waals surface area contributed by atoms with Gasteiger partial charge in [-0.25, -0.2) is 0 Å². The average molecular weight is 170 g/mol. The minimum Gasteiger partial charge on any atom is -0.509 e. The Morgan fingerprint density at radius 1 is 1.50 bits per heavy atom. The number of ether oxygens (including phenoxy) is 1. The predicted molar refractivity (Wildman–Crippen MR) is 48.0 cm³/mol. The quantitative estimate of drug-likeness (QED) is 0.481. The molecule has 0 atom stereocenters. The molecular weight excluding hydrogens is 156 g/mol. The van der Waals surface area contributed by atoms with Gasteiger partial charge in [-0.3, -0.25) is 0 Å². The minimum absolute atomic E-state index is 0.0354. The van der Waals surface area contributed by atoms with Crippen molar-refractivity contribution in [3.63, 3.8) is 0 Å². The van der Waals surface area contributed by atoms with Crippen molar-refractivity contribution < 1.29 is 14.9 Å². The molecule has 3 heteroatoms. The Morgan fingerprint density at radius 3 is 2.58 bits per heavy atom. The van der Waals surface area contributed by atoms with Gasteiger partial charge in [0.25, 0.3) is 0 Å². The van der Waals surface area contributed by atoms with E-state index in [2.05, 4.69) is 6.58 Å². The molecule has 0 aromatic heterocycles. The maximum atomic E-state index is 8.78. The number of rotatable bonds is 5. The Bertz CT molecular complexity index is 192. The number of aliphatic hydroxyl groups excluding tert-OH is 2. The molecule has 68 valence electrons. The average Bonchev–Trinajstić information content (AvgIpc) is 2.05. The van der Waals surface area contributed by atoms with Crippen LogP contribution in [0.1, 0.15) is 0 Å². The molecule has 3 nitrogen and oxygen atoms in total. The first-order valence-corrected chi connectivity index (χ1v) is 3.55. The molecule has 0 unspecified atom stereocenters. The summed E-state index contributed by atoms with van der Waals surface area (Å²) in [5.41, 5.74) is 0.687. The lowest BCUT2D eigenvalue weighted by Crippen LogP contribution is -1.90. The van der Waals surface area contributed by atoms with E-state index in [9.17, 15) is 0 Å². The second-order valence-electron chi connectivity index (χ2n) is 2.22. The van der Waals surface area contributed by atoms with Gasteiger partial charge in [0.1, 0.15) is 5.76 Å². The van der Waals surface area contributed by atoms with E-state index >= 15 is 0 Å². The van der Waals surface area contributed by atoms with E-state index in [4.69, 9.17) is 14.9 Å². The third kappa shape index (κ3) is 5.70. The molecule has 0 heterocycles. The highest BCUT2D eigenvalue weighted by Gasteiger charge is 1.88. The maximum Gasteiger partial charge on any atom is 0.108 e. The largest absolute Gasteiger partial charge is 0.509 e. The van der Waals surface area contributed by atoms with E-state index < -0.39 is 0 Å². The molecule has 2 N–H and O–H groups in total. The van der Waals surface area contributed by atoms with Crippen molar-refractivity contribution in [3.05, 3.63) is 36.1 Å². The molecule has 0 aliphatic rings. The van der Waals surface area contributed by atoms with Crippen LogP contribution in [0.4, 0.5) is 0 Å². The summed E-state index contributed by atoms with van der Waals surface area (Å²) in [5.74, 6) is -0.0354. The van der Waals surface area contributed by atoms with Gasteiger partial charge in [0.05, 0.1) is 13.2 Å². The standard InChI is InChI=1S/C9H14O3/c1-8(11)3-4-9(7-10)5-6-12-2/h3-5,10-11H,1,6-7H2,2H3/b4-3-,9-5+. The topological polar surface area (TPSA) is 49.7 Å². The molecule has 0 rings (SSSR count). The van der Waals surface area contributed by atoms with Crippen LogP contribution in [0.2, 0.25) is 0 Å². The first-order valence-electron chi connectivity index (χ1n) is 3.55. The van der Waals surface area contributed by atoms with Crippen LogP contribution in [0.5, 0.6) is 0 Å². The van der Waals surface area contributed by atoms with Gasteiger partial charge in [0.15, 0.2) is 0 Å². The Morgan fingerprint density at radius 2 is 2.17 bits per heavy atom. The number of aliphatic hydroxyl groups is 2. The van der Waals surface area contributed by atoms with Crippen molar-refractivity contribution in [2.24, 2.45) is 0 Å². The van der Waals surface area contributed by atoms with Crippen LogP contribution in [0.3, 0.4) is 0 Å². The van der Waals surface area contributed by atoms with Crippen LogP contribution in [0.25, 0.3) is 0 Å². The summed E-state index contributed by atoms with van der Waals surface area (Å²) < 4.78 is 4.77. The van der Waals surface area contributed by atoms with E-state index in [0.29, 0.717) is 12.2 Å². The van der Waals surface area contributed by atoms with Gasteiger partial charge < -0.3 is 14.9 Å². The summed E-state index contributed by atoms with van der Waals surface area (Å²) >= 11 is 0. The fourth-order valence-electron chi connectivity index (χ4n) is 0.579. The van der Waals surface area contributed by atoms with Crippen LogP contribution >= 0.6 is 0 Å². The molecule has 12 heavy (non-hydrogen) atoms. The van der Waals surface area contributed by atoms with Crippen LogP contribution < -0.4 is 0 Å². The normalized spacial score (nSPS) is 12.3. The van der Waals surface area contributed by atoms with Gasteiger partial charge in [-0.05, 0) is 11.6 Å². The van der Waals surface area contributed by atoms with Crippen molar-refractivity contribution >= 4 is 0 Å². The van der Waals surface area contributed by atoms with Crippen LogP contribution in [-0.2, 0) is 4.74 Å². The minimum atomic E-state index is -0.0762. The molecular formula is C9H14O3. The smallest absolute Gasteiger partial charge is 0.108 e. The number of hydrogen-bond acceptors (Lipinski definition) is 3. The fourth-order valence-corrected chi connectivity index (χ4v) is 0.579. The third-order valence-electron chi connectivity index (χ3n) is 1.18. The zero-order valence-corrected chi connectivity index (χ0v) is 7.16. The third-order valence-corrected chi connectivity index (χ3v) is 1.18. The molecule has 0 amide bonds. The summed E-state index contributed by atoms with van der Waals surface area (Å²) in [5, 5.41) is 17.5. The highest BCUT2D eigenvalue weighted by molar-refractivity contribution is 5.23. The van der Waals surface area contributed by atoms with Crippen molar-refractivity contribution in [3.8, 4) is 0 Å². The monoisotopic (exact) mass is 170 g/mol. The Labute approximate surface area is 72.3 Å². The molecule has 0 saturated heterocycles. The zero-order valence-electron chi connectivity index (χ0n) is 7.16. The van der Waals surface area contributed by atoms with Crippen LogP contribution in [0, 0.1) is 0 Å². The Balaban J connectivity index is 4.07. The summed E-state index contributed by atoms with van der Waals surface area (Å²) in [7, 11) is 1.57. The Hall–Kier alpha value is -1.06. The molecule has 0 aromatic carbocycles. The van der Waals surface area contributed by atoms with Crippen LogP contribution in [-0.4, -0.2) is 30.5 Å². The summed E-state index contributed by atoms with van der Waals surface area (Å²) in [6.45, 7) is 3.64. The highest BCUT2D eigenvalue weighted by Crippen LogP contribution is 1.97. The lowest BCUT2D eigenvalue weighted by molar-refractivity contribution is 0.232. The summed E-state index contributed by atoms with van der Waals surface area (Å²) in [4.78, 5) is 0. The van der Waals surface area contributed by atoms with Gasteiger partial charge in [-0.2, -0.15) is 0 Å². The summed E-state index contributed by atoms with van der Waals surface area (Å²) in [6.07, 6.45) is 4.72. The molecule has 0 aliphatic heterocycles. The Kier molecular flexibility index (Phi) is 6.05. The predicted octanol–water partition coefficient (Wildman–Crippen LogP) is 1.18. The van der Waals surface area contributed by atoms with Crippen molar-refractivity contribution in [1.82, 2.24) is 0 Å². The second kappa shape index (κ2) is 6.64. The molecule has 0 aromatic rings. The lowest BCUT2D eigenvalue weighted by atomic mass is 10.2. The van der Waals surface area contributed by atoms with Gasteiger partial charge in [0.2, 0.25) is 0 Å². The fraction of sp³-hybridized carbons (Fsp3) is 0.333. The van der Waals surface area contributed by atoms with Crippen LogP contribution in [0.15, 0.2) is 36.1 Å².